The summed E-state index contributed by atoms with van der Waals surface area (Å²) in [5, 5.41) is 3.45. The van der Waals surface area contributed by atoms with Gasteiger partial charge in [-0.3, -0.25) is 0 Å². The van der Waals surface area contributed by atoms with Gasteiger partial charge in [0, 0.05) is 19.5 Å². The lowest BCUT2D eigenvalue weighted by Gasteiger charge is -2.22. The lowest BCUT2D eigenvalue weighted by Crippen LogP contribution is -2.29. The number of imidazole rings is 1. The quantitative estimate of drug-likeness (QED) is 0.874. The highest BCUT2D eigenvalue weighted by Gasteiger charge is 2.20. The molecule has 2 heterocycles. The van der Waals surface area contributed by atoms with Gasteiger partial charge in [-0.2, -0.15) is 0 Å². The van der Waals surface area contributed by atoms with Crippen molar-refractivity contribution in [2.45, 2.75) is 18.8 Å². The van der Waals surface area contributed by atoms with Crippen molar-refractivity contribution < 1.29 is 0 Å². The molecule has 1 aromatic carbocycles. The van der Waals surface area contributed by atoms with Crippen LogP contribution in [0, 0.1) is 0 Å². The molecule has 0 saturated carbocycles. The first-order valence-electron chi connectivity index (χ1n) is 5.98. The van der Waals surface area contributed by atoms with Crippen LogP contribution in [0.15, 0.2) is 24.3 Å². The highest BCUT2D eigenvalue weighted by Crippen LogP contribution is 2.25. The molecular formula is C13H19Cl2N3. The number of nitrogens with one attached hydrogen (secondary N) is 1. The van der Waals surface area contributed by atoms with E-state index in [4.69, 9.17) is 4.98 Å². The van der Waals surface area contributed by atoms with Crippen LogP contribution in [0.4, 0.5) is 0 Å². The van der Waals surface area contributed by atoms with Crippen LogP contribution in [0.5, 0.6) is 0 Å². The normalized spacial score (nSPS) is 19.1. The first-order valence-corrected chi connectivity index (χ1v) is 5.98. The largest absolute Gasteiger partial charge is 0.331 e. The Kier molecular flexibility index (Phi) is 5.45. The second-order valence-corrected chi connectivity index (χ2v) is 4.56. The van der Waals surface area contributed by atoms with Crippen molar-refractivity contribution in [1.29, 1.82) is 0 Å². The summed E-state index contributed by atoms with van der Waals surface area (Å²) in [5.74, 6) is 1.81. The third-order valence-corrected chi connectivity index (χ3v) is 3.48. The van der Waals surface area contributed by atoms with Crippen LogP contribution in [0.3, 0.4) is 0 Å². The summed E-state index contributed by atoms with van der Waals surface area (Å²) in [7, 11) is 2.12. The number of aromatic nitrogens is 2. The first-order chi connectivity index (χ1) is 7.86. The number of fused-ring (bicyclic) bond motifs is 1. The predicted octanol–water partition coefficient (Wildman–Crippen LogP) is 2.88. The minimum Gasteiger partial charge on any atom is -0.331 e. The molecule has 0 radical (unpaired) electrons. The number of nitrogens with zero attached hydrogens (tertiary/aromatic N) is 2. The molecule has 0 aliphatic carbocycles. The molecule has 1 fully saturated rings. The SMILES string of the molecule is Cl.Cl.Cn1c(C2CCCNC2)nc2ccccc21. The predicted molar refractivity (Wildman–Crippen MR) is 80.1 cm³/mol. The maximum Gasteiger partial charge on any atom is 0.114 e. The van der Waals surface area contributed by atoms with Gasteiger partial charge < -0.3 is 9.88 Å². The average molecular weight is 288 g/mol. The first kappa shape index (κ1) is 15.3. The summed E-state index contributed by atoms with van der Waals surface area (Å²) < 4.78 is 2.24. The van der Waals surface area contributed by atoms with Crippen LogP contribution in [0.2, 0.25) is 0 Å². The summed E-state index contributed by atoms with van der Waals surface area (Å²) in [5.41, 5.74) is 2.36. The number of hydrogen-bond donors (Lipinski definition) is 1. The lowest BCUT2D eigenvalue weighted by atomic mass is 9.99. The minimum atomic E-state index is 0. The molecule has 5 heteroatoms. The maximum absolute atomic E-state index is 4.76. The van der Waals surface area contributed by atoms with E-state index < -0.39 is 0 Å². The van der Waals surface area contributed by atoms with Crippen molar-refractivity contribution in [2.24, 2.45) is 7.05 Å². The van der Waals surface area contributed by atoms with Gasteiger partial charge in [0.25, 0.3) is 0 Å². The van der Waals surface area contributed by atoms with E-state index in [1.807, 2.05) is 0 Å². The summed E-state index contributed by atoms with van der Waals surface area (Å²) in [6.07, 6.45) is 2.51. The second-order valence-electron chi connectivity index (χ2n) is 4.56. The van der Waals surface area contributed by atoms with Crippen molar-refractivity contribution in [3.8, 4) is 0 Å². The Morgan fingerprint density at radius 3 is 2.72 bits per heavy atom. The van der Waals surface area contributed by atoms with Crippen LogP contribution < -0.4 is 5.32 Å². The Morgan fingerprint density at radius 1 is 1.28 bits per heavy atom. The van der Waals surface area contributed by atoms with E-state index in [9.17, 15) is 0 Å². The number of hydrogen-bond acceptors (Lipinski definition) is 2. The molecule has 1 N–H and O–H groups in total. The summed E-state index contributed by atoms with van der Waals surface area (Å²) in [6, 6.07) is 8.36. The van der Waals surface area contributed by atoms with Gasteiger partial charge in [0.2, 0.25) is 0 Å². The van der Waals surface area contributed by atoms with Gasteiger partial charge in [-0.05, 0) is 31.5 Å². The Morgan fingerprint density at radius 2 is 2.06 bits per heavy atom. The van der Waals surface area contributed by atoms with Gasteiger partial charge in [-0.25, -0.2) is 4.98 Å². The van der Waals surface area contributed by atoms with Crippen LogP contribution in [-0.4, -0.2) is 22.6 Å². The molecule has 18 heavy (non-hydrogen) atoms. The van der Waals surface area contributed by atoms with Crippen LogP contribution in [0.1, 0.15) is 24.6 Å². The van der Waals surface area contributed by atoms with Crippen molar-refractivity contribution in [1.82, 2.24) is 14.9 Å². The third kappa shape index (κ3) is 2.63. The van der Waals surface area contributed by atoms with Gasteiger partial charge in [-0.1, -0.05) is 12.1 Å². The van der Waals surface area contributed by atoms with E-state index in [0.29, 0.717) is 5.92 Å². The topological polar surface area (TPSA) is 29.9 Å². The molecule has 0 spiro atoms. The van der Waals surface area contributed by atoms with E-state index in [1.165, 1.54) is 24.2 Å². The third-order valence-electron chi connectivity index (χ3n) is 3.48. The number of benzene rings is 1. The van der Waals surface area contributed by atoms with E-state index >= 15 is 0 Å². The zero-order valence-corrected chi connectivity index (χ0v) is 12.1. The van der Waals surface area contributed by atoms with E-state index in [0.717, 1.165) is 18.6 Å². The number of rotatable bonds is 1. The molecule has 0 amide bonds. The second kappa shape index (κ2) is 6.41. The molecule has 100 valence electrons. The summed E-state index contributed by atoms with van der Waals surface area (Å²) in [6.45, 7) is 2.22. The van der Waals surface area contributed by atoms with Crippen molar-refractivity contribution in [3.63, 3.8) is 0 Å². The van der Waals surface area contributed by atoms with E-state index in [2.05, 4.69) is 41.2 Å². The number of piperidine rings is 1. The number of aryl methyl sites for hydroxylation is 1. The fourth-order valence-electron chi connectivity index (χ4n) is 2.60. The molecule has 0 bridgehead atoms. The highest BCUT2D eigenvalue weighted by molar-refractivity contribution is 5.85. The number of para-hydroxylation sites is 2. The molecule has 1 saturated heterocycles. The van der Waals surface area contributed by atoms with Crippen molar-refractivity contribution in [3.05, 3.63) is 30.1 Å². The molecular weight excluding hydrogens is 269 g/mol. The molecule has 3 nitrogen and oxygen atoms in total. The van der Waals surface area contributed by atoms with Crippen LogP contribution >= 0.6 is 24.8 Å². The Balaban J connectivity index is 0.000000810. The van der Waals surface area contributed by atoms with Gasteiger partial charge >= 0.3 is 0 Å². The minimum absolute atomic E-state index is 0. The fourth-order valence-corrected chi connectivity index (χ4v) is 2.60. The lowest BCUT2D eigenvalue weighted by molar-refractivity contribution is 0.440. The van der Waals surface area contributed by atoms with Gasteiger partial charge in [0.1, 0.15) is 5.82 Å². The van der Waals surface area contributed by atoms with Gasteiger partial charge in [0.15, 0.2) is 0 Å². The average Bonchev–Trinajstić information content (AvgIpc) is 2.69. The Bertz CT molecular complexity index is 504. The van der Waals surface area contributed by atoms with Crippen molar-refractivity contribution >= 4 is 35.8 Å². The van der Waals surface area contributed by atoms with Crippen LogP contribution in [0.25, 0.3) is 11.0 Å². The summed E-state index contributed by atoms with van der Waals surface area (Å²) >= 11 is 0. The Labute approximate surface area is 120 Å². The number of halogens is 2. The highest BCUT2D eigenvalue weighted by atomic mass is 35.5. The zero-order valence-electron chi connectivity index (χ0n) is 10.4. The molecule has 1 unspecified atom stereocenters. The monoisotopic (exact) mass is 287 g/mol. The Hall–Kier alpha value is -0.770. The standard InChI is InChI=1S/C13H17N3.2ClH/c1-16-12-7-3-2-6-11(12)15-13(16)10-5-4-8-14-9-10;;/h2-3,6-7,10,14H,4-5,8-9H2,1H3;2*1H. The summed E-state index contributed by atoms with van der Waals surface area (Å²) in [4.78, 5) is 4.76. The molecule has 2 aromatic rings. The van der Waals surface area contributed by atoms with Crippen LogP contribution in [-0.2, 0) is 7.05 Å². The molecule has 1 aliphatic rings. The maximum atomic E-state index is 4.76. The smallest absolute Gasteiger partial charge is 0.114 e. The van der Waals surface area contributed by atoms with Crippen molar-refractivity contribution in [2.75, 3.05) is 13.1 Å². The van der Waals surface area contributed by atoms with Gasteiger partial charge in [0.05, 0.1) is 11.0 Å². The molecule has 1 atom stereocenters. The van der Waals surface area contributed by atoms with E-state index in [-0.39, 0.29) is 24.8 Å². The fraction of sp³-hybridized carbons (Fsp3) is 0.462. The van der Waals surface area contributed by atoms with Gasteiger partial charge in [-0.15, -0.1) is 24.8 Å². The zero-order chi connectivity index (χ0) is 11.0. The molecule has 3 rings (SSSR count). The molecule has 1 aliphatic heterocycles. The van der Waals surface area contributed by atoms with E-state index in [1.54, 1.807) is 0 Å². The molecule has 1 aromatic heterocycles.